The summed E-state index contributed by atoms with van der Waals surface area (Å²) in [5.74, 6) is -1.41. The van der Waals surface area contributed by atoms with E-state index in [2.05, 4.69) is 10.1 Å². The molecular formula is C10H11NO4. The Kier molecular flexibility index (Phi) is 3.68. The van der Waals surface area contributed by atoms with Crippen LogP contribution in [0.15, 0.2) is 24.3 Å². The summed E-state index contributed by atoms with van der Waals surface area (Å²) in [6.07, 6.45) is 0. The molecule has 0 bridgehead atoms. The second-order valence-corrected chi connectivity index (χ2v) is 2.82. The third-order valence-corrected chi connectivity index (χ3v) is 1.73. The number of carboxylic acids is 1. The molecule has 15 heavy (non-hydrogen) atoms. The van der Waals surface area contributed by atoms with Crippen LogP contribution in [0.25, 0.3) is 0 Å². The van der Waals surface area contributed by atoms with Gasteiger partial charge >= 0.3 is 11.9 Å². The predicted octanol–water partition coefficient (Wildman–Crippen LogP) is 0.970. The van der Waals surface area contributed by atoms with Crippen molar-refractivity contribution < 1.29 is 19.4 Å². The Morgan fingerprint density at radius 3 is 2.80 bits per heavy atom. The molecule has 0 aliphatic heterocycles. The second kappa shape index (κ2) is 4.99. The highest BCUT2D eigenvalue weighted by Crippen LogP contribution is 2.10. The fourth-order valence-corrected chi connectivity index (χ4v) is 1.05. The van der Waals surface area contributed by atoms with E-state index in [0.717, 1.165) is 0 Å². The molecule has 0 atom stereocenters. The molecule has 0 aliphatic carbocycles. The molecule has 5 nitrogen and oxygen atoms in total. The second-order valence-electron chi connectivity index (χ2n) is 2.82. The highest BCUT2D eigenvalue weighted by molar-refractivity contribution is 5.90. The first-order chi connectivity index (χ1) is 7.13. The van der Waals surface area contributed by atoms with E-state index in [4.69, 9.17) is 5.11 Å². The van der Waals surface area contributed by atoms with Crippen molar-refractivity contribution in [2.45, 2.75) is 0 Å². The Morgan fingerprint density at radius 2 is 2.20 bits per heavy atom. The van der Waals surface area contributed by atoms with Crippen LogP contribution in [0.3, 0.4) is 0 Å². The molecule has 80 valence electrons. The van der Waals surface area contributed by atoms with Crippen molar-refractivity contribution in [3.63, 3.8) is 0 Å². The van der Waals surface area contributed by atoms with Crippen LogP contribution in [-0.4, -0.2) is 30.7 Å². The van der Waals surface area contributed by atoms with Gasteiger partial charge in [0.25, 0.3) is 0 Å². The third kappa shape index (κ3) is 3.30. The summed E-state index contributed by atoms with van der Waals surface area (Å²) in [7, 11) is 1.29. The lowest BCUT2D eigenvalue weighted by molar-refractivity contribution is -0.134. The molecule has 1 aromatic rings. The van der Waals surface area contributed by atoms with E-state index in [0.29, 0.717) is 11.3 Å². The molecule has 0 aliphatic rings. The van der Waals surface area contributed by atoms with Crippen molar-refractivity contribution in [3.8, 4) is 0 Å². The fraction of sp³-hybridized carbons (Fsp3) is 0.200. The number of carboxylic acid groups (broad SMARTS) is 1. The molecule has 0 radical (unpaired) electrons. The molecule has 2 N–H and O–H groups in total. The molecule has 0 fully saturated rings. The lowest BCUT2D eigenvalue weighted by Crippen LogP contribution is -2.12. The van der Waals surface area contributed by atoms with Crippen molar-refractivity contribution in [2.24, 2.45) is 0 Å². The van der Waals surface area contributed by atoms with E-state index in [1.807, 2.05) is 0 Å². The van der Waals surface area contributed by atoms with Gasteiger partial charge in [0.1, 0.15) is 6.54 Å². The van der Waals surface area contributed by atoms with E-state index in [-0.39, 0.29) is 6.54 Å². The van der Waals surface area contributed by atoms with E-state index >= 15 is 0 Å². The van der Waals surface area contributed by atoms with E-state index in [9.17, 15) is 9.59 Å². The first-order valence-corrected chi connectivity index (χ1v) is 4.27. The van der Waals surface area contributed by atoms with Gasteiger partial charge in [0.15, 0.2) is 0 Å². The van der Waals surface area contributed by atoms with Gasteiger partial charge in [-0.1, -0.05) is 6.07 Å². The number of anilines is 1. The Labute approximate surface area is 86.7 Å². The molecule has 0 saturated heterocycles. The monoisotopic (exact) mass is 209 g/mol. The molecule has 5 heteroatoms. The number of nitrogens with one attached hydrogen (secondary N) is 1. The normalized spacial score (nSPS) is 9.40. The maximum Gasteiger partial charge on any atom is 0.337 e. The number of ether oxygens (including phenoxy) is 1. The summed E-state index contributed by atoms with van der Waals surface area (Å²) in [5.41, 5.74) is 0.952. The van der Waals surface area contributed by atoms with Crippen LogP contribution in [0.4, 0.5) is 5.69 Å². The number of hydrogen-bond donors (Lipinski definition) is 2. The van der Waals surface area contributed by atoms with Gasteiger partial charge < -0.3 is 15.2 Å². The van der Waals surface area contributed by atoms with E-state index in [1.165, 1.54) is 13.2 Å². The Bertz CT molecular complexity index is 375. The van der Waals surface area contributed by atoms with Crippen LogP contribution in [0, 0.1) is 0 Å². The lowest BCUT2D eigenvalue weighted by Gasteiger charge is -2.04. The van der Waals surface area contributed by atoms with E-state index in [1.54, 1.807) is 18.2 Å². The number of carbonyl (C=O) groups is 2. The van der Waals surface area contributed by atoms with Crippen LogP contribution in [0.1, 0.15) is 10.4 Å². The molecule has 0 unspecified atom stereocenters. The highest BCUT2D eigenvalue weighted by atomic mass is 16.5. The molecular weight excluding hydrogens is 198 g/mol. The predicted molar refractivity (Wildman–Crippen MR) is 53.9 cm³/mol. The van der Waals surface area contributed by atoms with Gasteiger partial charge in [-0.05, 0) is 18.2 Å². The summed E-state index contributed by atoms with van der Waals surface area (Å²) >= 11 is 0. The average molecular weight is 209 g/mol. The summed E-state index contributed by atoms with van der Waals surface area (Å²) in [4.78, 5) is 21.4. The molecule has 0 spiro atoms. The Balaban J connectivity index is 2.74. The minimum Gasteiger partial charge on any atom is -0.480 e. The first kappa shape index (κ1) is 11.0. The number of rotatable bonds is 4. The largest absolute Gasteiger partial charge is 0.480 e. The highest BCUT2D eigenvalue weighted by Gasteiger charge is 2.05. The fourth-order valence-electron chi connectivity index (χ4n) is 1.05. The maximum atomic E-state index is 11.1. The molecule has 1 rings (SSSR count). The number of esters is 1. The van der Waals surface area contributed by atoms with Gasteiger partial charge in [-0.2, -0.15) is 0 Å². The number of aliphatic carboxylic acids is 1. The first-order valence-electron chi connectivity index (χ1n) is 4.27. The Morgan fingerprint density at radius 1 is 1.47 bits per heavy atom. The minimum atomic E-state index is -0.960. The van der Waals surface area contributed by atoms with Crippen LogP contribution >= 0.6 is 0 Å². The maximum absolute atomic E-state index is 11.1. The van der Waals surface area contributed by atoms with Gasteiger partial charge in [0.05, 0.1) is 12.7 Å². The zero-order valence-corrected chi connectivity index (χ0v) is 8.19. The summed E-state index contributed by atoms with van der Waals surface area (Å²) in [6.45, 7) is -0.190. The van der Waals surface area contributed by atoms with Gasteiger partial charge in [0.2, 0.25) is 0 Å². The molecule has 0 amide bonds. The van der Waals surface area contributed by atoms with Crippen LogP contribution in [-0.2, 0) is 9.53 Å². The van der Waals surface area contributed by atoms with Crippen LogP contribution in [0.2, 0.25) is 0 Å². The molecule has 0 saturated carbocycles. The number of carbonyl (C=O) groups excluding carboxylic acids is 1. The zero-order chi connectivity index (χ0) is 11.3. The number of benzene rings is 1. The molecule has 0 aromatic heterocycles. The standard InChI is InChI=1S/C10H11NO4/c1-15-10(14)7-3-2-4-8(5-7)11-6-9(12)13/h2-5,11H,6H2,1H3,(H,12,13). The quantitative estimate of drug-likeness (QED) is 0.722. The van der Waals surface area contributed by atoms with Crippen LogP contribution in [0.5, 0.6) is 0 Å². The van der Waals surface area contributed by atoms with Gasteiger partial charge in [0, 0.05) is 5.69 Å². The minimum absolute atomic E-state index is 0.190. The SMILES string of the molecule is COC(=O)c1cccc(NCC(=O)O)c1. The third-order valence-electron chi connectivity index (χ3n) is 1.73. The Hall–Kier alpha value is -2.04. The smallest absolute Gasteiger partial charge is 0.337 e. The van der Waals surface area contributed by atoms with Gasteiger partial charge in [-0.3, -0.25) is 4.79 Å². The van der Waals surface area contributed by atoms with Gasteiger partial charge in [-0.25, -0.2) is 4.79 Å². The number of hydrogen-bond acceptors (Lipinski definition) is 4. The van der Waals surface area contributed by atoms with Gasteiger partial charge in [-0.15, -0.1) is 0 Å². The van der Waals surface area contributed by atoms with Crippen LogP contribution < -0.4 is 5.32 Å². The average Bonchev–Trinajstić information content (AvgIpc) is 2.25. The van der Waals surface area contributed by atoms with Crippen molar-refractivity contribution in [2.75, 3.05) is 19.0 Å². The van der Waals surface area contributed by atoms with Crippen molar-refractivity contribution >= 4 is 17.6 Å². The van der Waals surface area contributed by atoms with Crippen molar-refractivity contribution in [3.05, 3.63) is 29.8 Å². The van der Waals surface area contributed by atoms with Crippen molar-refractivity contribution in [1.82, 2.24) is 0 Å². The van der Waals surface area contributed by atoms with Crippen molar-refractivity contribution in [1.29, 1.82) is 0 Å². The summed E-state index contributed by atoms with van der Waals surface area (Å²) in [5, 5.41) is 11.1. The summed E-state index contributed by atoms with van der Waals surface area (Å²) < 4.78 is 4.53. The topological polar surface area (TPSA) is 75.6 Å². The molecule has 1 aromatic carbocycles. The van der Waals surface area contributed by atoms with E-state index < -0.39 is 11.9 Å². The zero-order valence-electron chi connectivity index (χ0n) is 8.19. The lowest BCUT2D eigenvalue weighted by atomic mass is 10.2. The molecule has 0 heterocycles. The number of methoxy groups -OCH3 is 1. The summed E-state index contributed by atoms with van der Waals surface area (Å²) in [6, 6.07) is 6.46.